The Hall–Kier alpha value is -3.62. The number of rotatable bonds is 7. The molecule has 2 N–H and O–H groups in total. The average Bonchev–Trinajstić information content (AvgIpc) is 3.20. The first-order valence-corrected chi connectivity index (χ1v) is 9.02. The minimum atomic E-state index is -0.857. The highest BCUT2D eigenvalue weighted by atomic mass is 19.1. The summed E-state index contributed by atoms with van der Waals surface area (Å²) in [5, 5.41) is 9.10. The number of nitrogens with zero attached hydrogens (tertiary/aromatic N) is 3. The monoisotopic (exact) mass is 397 g/mol. The number of carbonyl (C=O) groups is 2. The number of benzene rings is 1. The van der Waals surface area contributed by atoms with Crippen LogP contribution < -0.4 is 10.6 Å². The Balaban J connectivity index is 1.62. The standard InChI is InChI=1S/C20H20FN5O3/c1-12(2)17(25-19(27)14-5-3-4-6-15(14)21)20(28)23-11-16-24-18(26-29-16)13-7-9-22-10-8-13/h3-10,12,17H,11H2,1-2H3,(H,23,28)(H,25,27). The molecule has 29 heavy (non-hydrogen) atoms. The summed E-state index contributed by atoms with van der Waals surface area (Å²) in [5.41, 5.74) is 0.614. The molecule has 9 heteroatoms. The maximum absolute atomic E-state index is 13.8. The average molecular weight is 397 g/mol. The summed E-state index contributed by atoms with van der Waals surface area (Å²) in [4.78, 5) is 33.1. The molecule has 0 bridgehead atoms. The topological polar surface area (TPSA) is 110 Å². The molecule has 1 aromatic carbocycles. The van der Waals surface area contributed by atoms with E-state index in [4.69, 9.17) is 4.52 Å². The molecular formula is C20H20FN5O3. The Morgan fingerprint density at radius 3 is 2.55 bits per heavy atom. The predicted molar refractivity (Wildman–Crippen MR) is 102 cm³/mol. The smallest absolute Gasteiger partial charge is 0.254 e. The van der Waals surface area contributed by atoms with Crippen molar-refractivity contribution in [1.82, 2.24) is 25.8 Å². The first-order chi connectivity index (χ1) is 14.0. The molecule has 1 unspecified atom stereocenters. The second kappa shape index (κ2) is 9.05. The number of hydrogen-bond donors (Lipinski definition) is 2. The van der Waals surface area contributed by atoms with Gasteiger partial charge in [0.05, 0.1) is 12.1 Å². The number of pyridine rings is 1. The van der Waals surface area contributed by atoms with Gasteiger partial charge in [-0.25, -0.2) is 4.39 Å². The van der Waals surface area contributed by atoms with Gasteiger partial charge >= 0.3 is 0 Å². The fourth-order valence-electron chi connectivity index (χ4n) is 2.62. The second-order valence-electron chi connectivity index (χ2n) is 6.64. The number of aromatic nitrogens is 3. The molecule has 3 aromatic rings. The fourth-order valence-corrected chi connectivity index (χ4v) is 2.62. The minimum absolute atomic E-state index is 0.00426. The van der Waals surface area contributed by atoms with Crippen molar-refractivity contribution in [1.29, 1.82) is 0 Å². The molecule has 2 aromatic heterocycles. The third-order valence-electron chi connectivity index (χ3n) is 4.17. The highest BCUT2D eigenvalue weighted by molar-refractivity contribution is 5.97. The highest BCUT2D eigenvalue weighted by Crippen LogP contribution is 2.14. The van der Waals surface area contributed by atoms with E-state index in [2.05, 4.69) is 25.8 Å². The van der Waals surface area contributed by atoms with E-state index < -0.39 is 23.7 Å². The lowest BCUT2D eigenvalue weighted by Gasteiger charge is -2.21. The molecule has 3 rings (SSSR count). The summed E-state index contributed by atoms with van der Waals surface area (Å²) >= 11 is 0. The van der Waals surface area contributed by atoms with Gasteiger partial charge < -0.3 is 15.2 Å². The van der Waals surface area contributed by atoms with Gasteiger partial charge in [-0.3, -0.25) is 14.6 Å². The summed E-state index contributed by atoms with van der Waals surface area (Å²) in [6.45, 7) is 3.55. The van der Waals surface area contributed by atoms with E-state index >= 15 is 0 Å². The fraction of sp³-hybridized carbons (Fsp3) is 0.250. The maximum Gasteiger partial charge on any atom is 0.254 e. The van der Waals surface area contributed by atoms with Crippen LogP contribution in [-0.4, -0.2) is 33.0 Å². The molecule has 0 radical (unpaired) electrons. The van der Waals surface area contributed by atoms with Crippen LogP contribution in [0.15, 0.2) is 53.3 Å². The first-order valence-electron chi connectivity index (χ1n) is 9.02. The van der Waals surface area contributed by atoms with Crippen molar-refractivity contribution in [2.24, 2.45) is 5.92 Å². The number of amides is 2. The second-order valence-corrected chi connectivity index (χ2v) is 6.64. The van der Waals surface area contributed by atoms with Crippen molar-refractivity contribution in [3.8, 4) is 11.4 Å². The van der Waals surface area contributed by atoms with Gasteiger partial charge in [0.15, 0.2) is 0 Å². The molecule has 0 fully saturated rings. The van der Waals surface area contributed by atoms with E-state index in [1.54, 1.807) is 44.4 Å². The molecular weight excluding hydrogens is 377 g/mol. The van der Waals surface area contributed by atoms with Crippen LogP contribution in [0.1, 0.15) is 30.1 Å². The molecule has 0 aliphatic rings. The van der Waals surface area contributed by atoms with Gasteiger partial charge in [-0.2, -0.15) is 4.98 Å². The number of carbonyl (C=O) groups excluding carboxylic acids is 2. The van der Waals surface area contributed by atoms with Gasteiger partial charge in [-0.1, -0.05) is 31.1 Å². The Morgan fingerprint density at radius 2 is 1.86 bits per heavy atom. The lowest BCUT2D eigenvalue weighted by atomic mass is 10.0. The SMILES string of the molecule is CC(C)C(NC(=O)c1ccccc1F)C(=O)NCc1nc(-c2ccncc2)no1. The zero-order chi connectivity index (χ0) is 20.8. The van der Waals surface area contributed by atoms with Gasteiger partial charge in [-0.05, 0) is 30.2 Å². The molecule has 1 atom stereocenters. The highest BCUT2D eigenvalue weighted by Gasteiger charge is 2.26. The van der Waals surface area contributed by atoms with Crippen molar-refractivity contribution >= 4 is 11.8 Å². The summed E-state index contributed by atoms with van der Waals surface area (Å²) < 4.78 is 19.0. The summed E-state index contributed by atoms with van der Waals surface area (Å²) in [6.07, 6.45) is 3.22. The summed E-state index contributed by atoms with van der Waals surface area (Å²) in [5.74, 6) is -1.37. The quantitative estimate of drug-likeness (QED) is 0.633. The van der Waals surface area contributed by atoms with Crippen LogP contribution >= 0.6 is 0 Å². The third-order valence-corrected chi connectivity index (χ3v) is 4.17. The third kappa shape index (κ3) is 5.01. The Bertz CT molecular complexity index is 991. The molecule has 0 spiro atoms. The van der Waals surface area contributed by atoms with Crippen molar-refractivity contribution in [2.75, 3.05) is 0 Å². The van der Waals surface area contributed by atoms with E-state index in [1.165, 1.54) is 18.2 Å². The maximum atomic E-state index is 13.8. The van der Waals surface area contributed by atoms with Crippen LogP contribution in [0, 0.1) is 11.7 Å². The largest absolute Gasteiger partial charge is 0.345 e. The molecule has 8 nitrogen and oxygen atoms in total. The van der Waals surface area contributed by atoms with E-state index in [0.29, 0.717) is 5.82 Å². The normalized spacial score (nSPS) is 11.9. The summed E-state index contributed by atoms with van der Waals surface area (Å²) in [6, 6.07) is 8.21. The summed E-state index contributed by atoms with van der Waals surface area (Å²) in [7, 11) is 0. The molecule has 0 aliphatic heterocycles. The lowest BCUT2D eigenvalue weighted by molar-refractivity contribution is -0.124. The van der Waals surface area contributed by atoms with Crippen LogP contribution in [0.3, 0.4) is 0 Å². The first kappa shape index (κ1) is 20.1. The van der Waals surface area contributed by atoms with Gasteiger partial charge in [0, 0.05) is 18.0 Å². The molecule has 2 amide bonds. The molecule has 150 valence electrons. The molecule has 0 aliphatic carbocycles. The van der Waals surface area contributed by atoms with Crippen LogP contribution in [0.25, 0.3) is 11.4 Å². The molecule has 2 heterocycles. The Labute approximate surface area is 166 Å². The molecule has 0 saturated heterocycles. The van der Waals surface area contributed by atoms with Crippen molar-refractivity contribution in [3.63, 3.8) is 0 Å². The van der Waals surface area contributed by atoms with Crippen molar-refractivity contribution in [2.45, 2.75) is 26.4 Å². The Morgan fingerprint density at radius 1 is 1.14 bits per heavy atom. The van der Waals surface area contributed by atoms with Crippen LogP contribution in [0.2, 0.25) is 0 Å². The predicted octanol–water partition coefficient (Wildman–Crippen LogP) is 2.34. The van der Waals surface area contributed by atoms with Crippen molar-refractivity contribution < 1.29 is 18.5 Å². The number of halogens is 1. The van der Waals surface area contributed by atoms with E-state index in [9.17, 15) is 14.0 Å². The van der Waals surface area contributed by atoms with Gasteiger partial charge in [0.2, 0.25) is 17.6 Å². The van der Waals surface area contributed by atoms with Gasteiger partial charge in [0.1, 0.15) is 11.9 Å². The van der Waals surface area contributed by atoms with Gasteiger partial charge in [0.25, 0.3) is 5.91 Å². The van der Waals surface area contributed by atoms with E-state index in [1.807, 2.05) is 0 Å². The van der Waals surface area contributed by atoms with Crippen LogP contribution in [0.5, 0.6) is 0 Å². The minimum Gasteiger partial charge on any atom is -0.345 e. The number of nitrogens with one attached hydrogen (secondary N) is 2. The van der Waals surface area contributed by atoms with Crippen molar-refractivity contribution in [3.05, 3.63) is 66.1 Å². The molecule has 0 saturated carbocycles. The number of hydrogen-bond acceptors (Lipinski definition) is 6. The Kier molecular flexibility index (Phi) is 6.28. The van der Waals surface area contributed by atoms with E-state index in [0.717, 1.165) is 5.56 Å². The lowest BCUT2D eigenvalue weighted by Crippen LogP contribution is -2.49. The van der Waals surface area contributed by atoms with Crippen LogP contribution in [-0.2, 0) is 11.3 Å². The zero-order valence-electron chi connectivity index (χ0n) is 15.9. The zero-order valence-corrected chi connectivity index (χ0v) is 15.9. The van der Waals surface area contributed by atoms with E-state index in [-0.39, 0.29) is 23.9 Å². The van der Waals surface area contributed by atoms with Gasteiger partial charge in [-0.15, -0.1) is 0 Å². The van der Waals surface area contributed by atoms with Crippen LogP contribution in [0.4, 0.5) is 4.39 Å².